The van der Waals surface area contributed by atoms with E-state index in [0.29, 0.717) is 19.7 Å². The van der Waals surface area contributed by atoms with Crippen molar-refractivity contribution in [2.24, 2.45) is 5.92 Å². The first kappa shape index (κ1) is 8.20. The Morgan fingerprint density at radius 1 is 1.82 bits per heavy atom. The zero-order valence-electron chi connectivity index (χ0n) is 6.42. The third-order valence-corrected chi connectivity index (χ3v) is 1.61. The van der Waals surface area contributed by atoms with Gasteiger partial charge < -0.3 is 10.1 Å². The van der Waals surface area contributed by atoms with Crippen LogP contribution in [0.5, 0.6) is 0 Å². The average Bonchev–Trinajstić information content (AvgIpc) is 2.36. The highest BCUT2D eigenvalue weighted by Gasteiger charge is 2.31. The number of esters is 1. The van der Waals surface area contributed by atoms with Crippen LogP contribution in [0.3, 0.4) is 0 Å². The second-order valence-corrected chi connectivity index (χ2v) is 2.40. The monoisotopic (exact) mass is 157 g/mol. The molecule has 1 atom stereocenters. The first-order chi connectivity index (χ1) is 5.25. The summed E-state index contributed by atoms with van der Waals surface area (Å²) in [5.74, 6) is -1.03. The topological polar surface area (TPSA) is 55.4 Å². The molecule has 0 aromatic carbocycles. The molecule has 1 unspecified atom stereocenters. The fourth-order valence-corrected chi connectivity index (χ4v) is 1.03. The Hall–Kier alpha value is -0.900. The van der Waals surface area contributed by atoms with Gasteiger partial charge in [-0.15, -0.1) is 0 Å². The van der Waals surface area contributed by atoms with Crippen molar-refractivity contribution in [2.75, 3.05) is 19.7 Å². The van der Waals surface area contributed by atoms with E-state index in [9.17, 15) is 9.59 Å². The normalized spacial score (nSPS) is 23.7. The summed E-state index contributed by atoms with van der Waals surface area (Å²) in [5, 5.41) is 2.81. The first-order valence-electron chi connectivity index (χ1n) is 3.65. The molecule has 0 aromatic heterocycles. The van der Waals surface area contributed by atoms with Crippen molar-refractivity contribution < 1.29 is 14.3 Å². The fraction of sp³-hybridized carbons (Fsp3) is 0.714. The highest BCUT2D eigenvalue weighted by Crippen LogP contribution is 2.05. The van der Waals surface area contributed by atoms with Gasteiger partial charge in [-0.25, -0.2) is 0 Å². The Morgan fingerprint density at radius 2 is 2.55 bits per heavy atom. The smallest absolute Gasteiger partial charge is 0.317 e. The number of hydrogen-bond acceptors (Lipinski definition) is 4. The van der Waals surface area contributed by atoms with E-state index >= 15 is 0 Å². The Balaban J connectivity index is 2.46. The van der Waals surface area contributed by atoms with E-state index in [1.165, 1.54) is 0 Å². The van der Waals surface area contributed by atoms with Crippen LogP contribution in [-0.4, -0.2) is 31.4 Å². The van der Waals surface area contributed by atoms with Crippen LogP contribution < -0.4 is 5.32 Å². The summed E-state index contributed by atoms with van der Waals surface area (Å²) in [5.41, 5.74) is 0. The quantitative estimate of drug-likeness (QED) is 0.427. The first-order valence-corrected chi connectivity index (χ1v) is 3.65. The molecular formula is C7H11NO3. The summed E-state index contributed by atoms with van der Waals surface area (Å²) < 4.78 is 4.70. The lowest BCUT2D eigenvalue weighted by Gasteiger charge is -2.04. The Labute approximate surface area is 64.9 Å². The van der Waals surface area contributed by atoms with Crippen LogP contribution in [0.25, 0.3) is 0 Å². The van der Waals surface area contributed by atoms with Crippen molar-refractivity contribution in [1.82, 2.24) is 5.32 Å². The maximum Gasteiger partial charge on any atom is 0.317 e. The van der Waals surface area contributed by atoms with Gasteiger partial charge in [0.2, 0.25) is 0 Å². The van der Waals surface area contributed by atoms with Crippen molar-refractivity contribution in [3.05, 3.63) is 0 Å². The van der Waals surface area contributed by atoms with Crippen LogP contribution in [-0.2, 0) is 14.3 Å². The molecule has 11 heavy (non-hydrogen) atoms. The summed E-state index contributed by atoms with van der Waals surface area (Å²) in [6, 6.07) is 0. The Morgan fingerprint density at radius 3 is 3.00 bits per heavy atom. The lowest BCUT2D eigenvalue weighted by Crippen LogP contribution is -2.24. The van der Waals surface area contributed by atoms with E-state index in [2.05, 4.69) is 5.32 Å². The predicted octanol–water partition coefficient (Wildman–Crippen LogP) is -0.662. The third-order valence-electron chi connectivity index (χ3n) is 1.61. The van der Waals surface area contributed by atoms with Crippen LogP contribution >= 0.6 is 0 Å². The lowest BCUT2D eigenvalue weighted by molar-refractivity contribution is -0.149. The van der Waals surface area contributed by atoms with Crippen molar-refractivity contribution >= 4 is 11.8 Å². The molecule has 1 N–H and O–H groups in total. The molecule has 62 valence electrons. The molecule has 1 aliphatic rings. The molecule has 0 radical (unpaired) electrons. The van der Waals surface area contributed by atoms with Crippen LogP contribution in [0.4, 0.5) is 0 Å². The highest BCUT2D eigenvalue weighted by molar-refractivity contribution is 6.01. The maximum absolute atomic E-state index is 11.0. The van der Waals surface area contributed by atoms with Gasteiger partial charge in [0.1, 0.15) is 5.92 Å². The third kappa shape index (κ3) is 1.77. The molecular weight excluding hydrogens is 146 g/mol. The zero-order valence-corrected chi connectivity index (χ0v) is 6.42. The molecule has 1 aliphatic heterocycles. The molecule has 0 aromatic rings. The standard InChI is InChI=1S/C7H11NO3/c1-2-11-7(10)5-3-8-4-6(5)9/h5,8H,2-4H2,1H3. The molecule has 0 aliphatic carbocycles. The molecule has 1 fully saturated rings. The summed E-state index contributed by atoms with van der Waals surface area (Å²) in [6.45, 7) is 2.79. The highest BCUT2D eigenvalue weighted by atomic mass is 16.5. The zero-order chi connectivity index (χ0) is 8.27. The summed E-state index contributed by atoms with van der Waals surface area (Å²) in [6.07, 6.45) is 0. The van der Waals surface area contributed by atoms with Crippen molar-refractivity contribution in [3.8, 4) is 0 Å². The van der Waals surface area contributed by atoms with Crippen molar-refractivity contribution in [2.45, 2.75) is 6.92 Å². The summed E-state index contributed by atoms with van der Waals surface area (Å²) >= 11 is 0. The molecule has 4 heteroatoms. The summed E-state index contributed by atoms with van der Waals surface area (Å²) in [4.78, 5) is 21.9. The van der Waals surface area contributed by atoms with Gasteiger partial charge in [-0.1, -0.05) is 0 Å². The van der Waals surface area contributed by atoms with Crippen LogP contribution in [0.1, 0.15) is 6.92 Å². The number of Topliss-reactive ketones (excluding diaryl/α,β-unsaturated/α-hetero) is 1. The Kier molecular flexibility index (Phi) is 2.59. The number of hydrogen-bond donors (Lipinski definition) is 1. The molecule has 0 bridgehead atoms. The van der Waals surface area contributed by atoms with Crippen LogP contribution in [0.2, 0.25) is 0 Å². The van der Waals surface area contributed by atoms with E-state index in [4.69, 9.17) is 4.74 Å². The van der Waals surface area contributed by atoms with Crippen molar-refractivity contribution in [1.29, 1.82) is 0 Å². The molecule has 1 saturated heterocycles. The van der Waals surface area contributed by atoms with E-state index in [1.807, 2.05) is 0 Å². The minimum Gasteiger partial charge on any atom is -0.465 e. The Bertz CT molecular complexity index is 179. The minimum atomic E-state index is -0.560. The van der Waals surface area contributed by atoms with Gasteiger partial charge >= 0.3 is 5.97 Å². The van der Waals surface area contributed by atoms with Gasteiger partial charge in [0.25, 0.3) is 0 Å². The van der Waals surface area contributed by atoms with Gasteiger partial charge in [-0.05, 0) is 6.92 Å². The van der Waals surface area contributed by atoms with Crippen LogP contribution in [0, 0.1) is 5.92 Å². The summed E-state index contributed by atoms with van der Waals surface area (Å²) in [7, 11) is 0. The molecule has 0 saturated carbocycles. The van der Waals surface area contributed by atoms with Gasteiger partial charge in [0.15, 0.2) is 5.78 Å². The number of rotatable bonds is 2. The van der Waals surface area contributed by atoms with E-state index in [1.54, 1.807) is 6.92 Å². The fourth-order valence-electron chi connectivity index (χ4n) is 1.03. The second-order valence-electron chi connectivity index (χ2n) is 2.40. The van der Waals surface area contributed by atoms with Crippen LogP contribution in [0.15, 0.2) is 0 Å². The molecule has 0 amide bonds. The van der Waals surface area contributed by atoms with Gasteiger partial charge in [-0.3, -0.25) is 9.59 Å². The van der Waals surface area contributed by atoms with E-state index in [-0.39, 0.29) is 5.78 Å². The van der Waals surface area contributed by atoms with Gasteiger partial charge in [0, 0.05) is 6.54 Å². The van der Waals surface area contributed by atoms with E-state index < -0.39 is 11.9 Å². The second kappa shape index (κ2) is 3.48. The average molecular weight is 157 g/mol. The maximum atomic E-state index is 11.0. The molecule has 0 spiro atoms. The SMILES string of the molecule is CCOC(=O)C1CNCC1=O. The largest absolute Gasteiger partial charge is 0.465 e. The molecule has 1 heterocycles. The lowest BCUT2D eigenvalue weighted by atomic mass is 10.1. The van der Waals surface area contributed by atoms with Gasteiger partial charge in [0.05, 0.1) is 13.2 Å². The molecule has 1 rings (SSSR count). The van der Waals surface area contributed by atoms with E-state index in [0.717, 1.165) is 0 Å². The number of ketones is 1. The number of nitrogens with one attached hydrogen (secondary N) is 1. The van der Waals surface area contributed by atoms with Crippen molar-refractivity contribution in [3.63, 3.8) is 0 Å². The van der Waals surface area contributed by atoms with Gasteiger partial charge in [-0.2, -0.15) is 0 Å². The number of ether oxygens (including phenoxy) is 1. The predicted molar refractivity (Wildman–Crippen MR) is 38.0 cm³/mol. The number of carbonyl (C=O) groups excluding carboxylic acids is 2. The minimum absolute atomic E-state index is 0.0662. The number of carbonyl (C=O) groups is 2. The molecule has 4 nitrogen and oxygen atoms in total.